The lowest BCUT2D eigenvalue weighted by Crippen LogP contribution is -1.97. The van der Waals surface area contributed by atoms with E-state index >= 15 is 0 Å². The molecule has 4 heteroatoms. The molecule has 3 N–H and O–H groups in total. The fourth-order valence-electron chi connectivity index (χ4n) is 10.5. The van der Waals surface area contributed by atoms with Crippen LogP contribution in [0.5, 0.6) is 0 Å². The minimum atomic E-state index is 1.02. The summed E-state index contributed by atoms with van der Waals surface area (Å²) in [4.78, 5) is 0. The number of anilines is 6. The predicted octanol–water partition coefficient (Wildman–Crippen LogP) is 18.5. The molecule has 0 atom stereocenters. The van der Waals surface area contributed by atoms with Crippen LogP contribution in [0.2, 0.25) is 0 Å². The van der Waals surface area contributed by atoms with E-state index in [2.05, 4.69) is 281 Å². The smallest absolute Gasteiger partial charge is 0.0542 e. The van der Waals surface area contributed by atoms with Crippen LogP contribution in [0, 0.1) is 0 Å². The molecule has 0 saturated heterocycles. The van der Waals surface area contributed by atoms with E-state index in [1.54, 1.807) is 0 Å². The van der Waals surface area contributed by atoms with Gasteiger partial charge in [-0.1, -0.05) is 182 Å². The predicted molar refractivity (Wildman–Crippen MR) is 299 cm³/mol. The standard InChI is InChI=1S/C66H46N4/c1-4-22-51-44(16-1)19-13-28-54(51)57-25-7-10-31-62(57)67-47-34-38-50(39-35-47)70-65-40-36-48(68-63-32-11-8-26-58(63)55-29-14-20-45-17-2-5-23-52(45)55)42-60(65)61-43-49(37-41-66(61)70)69-64-33-12-9-27-59(64)56-30-15-21-46-18-3-6-24-53(46)56/h1-43,67-69H. The van der Waals surface area contributed by atoms with Gasteiger partial charge in [-0.2, -0.15) is 0 Å². The summed E-state index contributed by atoms with van der Waals surface area (Å²) in [6.07, 6.45) is 0. The SMILES string of the molecule is c1ccc(-c2cccc3ccccc23)c(Nc2ccc(-n3c4ccc(Nc5ccccc5-c5cccc6ccccc56)cc4c4cc(Nc5ccccc5-c5cccc6ccccc56)ccc43)cc2)c1. The van der Waals surface area contributed by atoms with Crippen molar-refractivity contribution < 1.29 is 0 Å². The van der Waals surface area contributed by atoms with Gasteiger partial charge < -0.3 is 20.5 Å². The van der Waals surface area contributed by atoms with Crippen LogP contribution in [0.3, 0.4) is 0 Å². The molecular weight excluding hydrogens is 849 g/mol. The van der Waals surface area contributed by atoms with E-state index in [4.69, 9.17) is 0 Å². The van der Waals surface area contributed by atoms with E-state index in [1.807, 2.05) is 0 Å². The zero-order valence-electron chi connectivity index (χ0n) is 38.3. The summed E-state index contributed by atoms with van der Waals surface area (Å²) >= 11 is 0. The maximum atomic E-state index is 3.86. The first kappa shape index (κ1) is 40.9. The summed E-state index contributed by atoms with van der Waals surface area (Å²) in [5, 5.41) is 21.2. The summed E-state index contributed by atoms with van der Waals surface area (Å²) < 4.78 is 2.39. The number of para-hydroxylation sites is 3. The van der Waals surface area contributed by atoms with Gasteiger partial charge in [0.15, 0.2) is 0 Å². The second kappa shape index (κ2) is 17.4. The Kier molecular flexibility index (Phi) is 10.1. The van der Waals surface area contributed by atoms with Gasteiger partial charge in [0, 0.05) is 67.3 Å². The van der Waals surface area contributed by atoms with Gasteiger partial charge in [-0.05, 0) is 128 Å². The third-order valence-electron chi connectivity index (χ3n) is 13.7. The van der Waals surface area contributed by atoms with Gasteiger partial charge in [0.05, 0.1) is 11.0 Å². The molecule has 0 aliphatic carbocycles. The second-order valence-corrected chi connectivity index (χ2v) is 17.9. The highest BCUT2D eigenvalue weighted by atomic mass is 15.0. The lowest BCUT2D eigenvalue weighted by Gasteiger charge is -2.15. The lowest BCUT2D eigenvalue weighted by atomic mass is 9.97. The molecule has 0 bridgehead atoms. The number of hydrogen-bond donors (Lipinski definition) is 3. The van der Waals surface area contributed by atoms with Gasteiger partial charge in [0.1, 0.15) is 0 Å². The van der Waals surface area contributed by atoms with Crippen molar-refractivity contribution in [2.45, 2.75) is 0 Å². The van der Waals surface area contributed by atoms with Crippen LogP contribution >= 0.6 is 0 Å². The highest BCUT2D eigenvalue weighted by molar-refractivity contribution is 6.12. The fraction of sp³-hybridized carbons (Fsp3) is 0. The van der Waals surface area contributed by atoms with Crippen LogP contribution in [0.1, 0.15) is 0 Å². The molecule has 330 valence electrons. The molecular formula is C66H46N4. The molecule has 0 aliphatic heterocycles. The van der Waals surface area contributed by atoms with E-state index in [9.17, 15) is 0 Å². The minimum Gasteiger partial charge on any atom is -0.355 e. The van der Waals surface area contributed by atoms with Gasteiger partial charge in [-0.3, -0.25) is 0 Å². The van der Waals surface area contributed by atoms with Crippen LogP contribution in [0.4, 0.5) is 34.1 Å². The quantitative estimate of drug-likeness (QED) is 0.128. The molecule has 0 fully saturated rings. The van der Waals surface area contributed by atoms with Crippen LogP contribution in [0.15, 0.2) is 261 Å². The molecule has 0 unspecified atom stereocenters. The first-order chi connectivity index (χ1) is 34.7. The molecule has 0 amide bonds. The molecule has 13 rings (SSSR count). The number of rotatable bonds is 10. The van der Waals surface area contributed by atoms with Crippen molar-refractivity contribution in [3.05, 3.63) is 261 Å². The number of fused-ring (bicyclic) bond motifs is 6. The van der Waals surface area contributed by atoms with Gasteiger partial charge in [0.25, 0.3) is 0 Å². The number of nitrogens with zero attached hydrogens (tertiary/aromatic N) is 1. The molecule has 12 aromatic carbocycles. The van der Waals surface area contributed by atoms with Crippen LogP contribution < -0.4 is 16.0 Å². The molecule has 0 spiro atoms. The number of hydrogen-bond acceptors (Lipinski definition) is 3. The minimum absolute atomic E-state index is 1.02. The van der Waals surface area contributed by atoms with E-state index < -0.39 is 0 Å². The van der Waals surface area contributed by atoms with E-state index in [1.165, 1.54) is 54.6 Å². The Morgan fingerprint density at radius 1 is 0.229 bits per heavy atom. The van der Waals surface area contributed by atoms with Crippen LogP contribution in [-0.4, -0.2) is 4.57 Å². The van der Waals surface area contributed by atoms with Gasteiger partial charge in [-0.15, -0.1) is 0 Å². The third kappa shape index (κ3) is 7.36. The summed E-state index contributed by atoms with van der Waals surface area (Å²) in [6.45, 7) is 0. The Balaban J connectivity index is 0.902. The van der Waals surface area contributed by atoms with Crippen molar-refractivity contribution in [3.63, 3.8) is 0 Å². The molecule has 4 nitrogen and oxygen atoms in total. The monoisotopic (exact) mass is 894 g/mol. The highest BCUT2D eigenvalue weighted by Gasteiger charge is 2.17. The van der Waals surface area contributed by atoms with Crippen molar-refractivity contribution >= 4 is 88.2 Å². The molecule has 70 heavy (non-hydrogen) atoms. The Bertz CT molecular complexity index is 3910. The zero-order valence-corrected chi connectivity index (χ0v) is 38.3. The van der Waals surface area contributed by atoms with Crippen molar-refractivity contribution in [2.24, 2.45) is 0 Å². The van der Waals surface area contributed by atoms with Crippen molar-refractivity contribution in [2.75, 3.05) is 16.0 Å². The van der Waals surface area contributed by atoms with E-state index in [0.717, 1.165) is 72.7 Å². The lowest BCUT2D eigenvalue weighted by molar-refractivity contribution is 1.18. The van der Waals surface area contributed by atoms with Crippen molar-refractivity contribution in [3.8, 4) is 39.1 Å². The molecule has 0 aliphatic rings. The summed E-state index contributed by atoms with van der Waals surface area (Å²) in [7, 11) is 0. The summed E-state index contributed by atoms with van der Waals surface area (Å²) in [5.41, 5.74) is 16.6. The first-order valence-corrected chi connectivity index (χ1v) is 23.9. The molecule has 13 aromatic rings. The fourth-order valence-corrected chi connectivity index (χ4v) is 10.5. The maximum absolute atomic E-state index is 3.86. The molecule has 0 radical (unpaired) electrons. The second-order valence-electron chi connectivity index (χ2n) is 17.9. The number of nitrogens with one attached hydrogen (secondary N) is 3. The molecule has 1 aromatic heterocycles. The van der Waals surface area contributed by atoms with Gasteiger partial charge in [-0.25, -0.2) is 0 Å². The normalized spacial score (nSPS) is 11.4. The highest BCUT2D eigenvalue weighted by Crippen LogP contribution is 2.41. The average molecular weight is 895 g/mol. The Labute approximate surface area is 406 Å². The first-order valence-electron chi connectivity index (χ1n) is 23.9. The Morgan fingerprint density at radius 3 is 0.957 bits per heavy atom. The zero-order chi connectivity index (χ0) is 46.4. The third-order valence-corrected chi connectivity index (χ3v) is 13.7. The topological polar surface area (TPSA) is 41.0 Å². The van der Waals surface area contributed by atoms with Gasteiger partial charge >= 0.3 is 0 Å². The number of aromatic nitrogens is 1. The van der Waals surface area contributed by atoms with Crippen molar-refractivity contribution in [1.29, 1.82) is 0 Å². The molecule has 1 heterocycles. The summed E-state index contributed by atoms with van der Waals surface area (Å²) in [6, 6.07) is 93.6. The average Bonchev–Trinajstić information content (AvgIpc) is 3.74. The largest absolute Gasteiger partial charge is 0.355 e. The molecule has 0 saturated carbocycles. The van der Waals surface area contributed by atoms with Crippen LogP contribution in [0.25, 0.3) is 93.2 Å². The maximum Gasteiger partial charge on any atom is 0.0542 e. The van der Waals surface area contributed by atoms with Gasteiger partial charge in [0.2, 0.25) is 0 Å². The Morgan fingerprint density at radius 2 is 0.543 bits per heavy atom. The van der Waals surface area contributed by atoms with E-state index in [-0.39, 0.29) is 0 Å². The van der Waals surface area contributed by atoms with E-state index in [0.29, 0.717) is 0 Å². The Hall–Kier alpha value is -9.38. The summed E-state index contributed by atoms with van der Waals surface area (Å²) in [5.74, 6) is 0. The van der Waals surface area contributed by atoms with Crippen molar-refractivity contribution in [1.82, 2.24) is 4.57 Å². The van der Waals surface area contributed by atoms with Crippen LogP contribution in [-0.2, 0) is 0 Å². The number of benzene rings is 12.